The van der Waals surface area contributed by atoms with Crippen LogP contribution in [0.5, 0.6) is 0 Å². The monoisotopic (exact) mass is 453 g/mol. The molecule has 0 radical (unpaired) electrons. The lowest BCUT2D eigenvalue weighted by Crippen LogP contribution is -2.59. The highest BCUT2D eigenvalue weighted by molar-refractivity contribution is 5.95. The van der Waals surface area contributed by atoms with E-state index >= 15 is 0 Å². The highest BCUT2D eigenvalue weighted by Crippen LogP contribution is 2.40. The number of nitrogens with zero attached hydrogens (tertiary/aromatic N) is 6. The zero-order valence-electron chi connectivity index (χ0n) is 19.2. The average Bonchev–Trinajstić information content (AvgIpc) is 3.43. The Morgan fingerprint density at radius 3 is 2.64 bits per heavy atom. The number of aromatic amines is 1. The average molecular weight is 454 g/mol. The summed E-state index contributed by atoms with van der Waals surface area (Å²) in [5.41, 5.74) is 0.593. The summed E-state index contributed by atoms with van der Waals surface area (Å²) in [6.45, 7) is 9.72. The molecule has 5 rings (SSSR count). The largest absolute Gasteiger partial charge is 0.444 e. The predicted octanol–water partition coefficient (Wildman–Crippen LogP) is 1.60. The van der Waals surface area contributed by atoms with E-state index in [1.165, 1.54) is 15.4 Å². The molecule has 2 saturated heterocycles. The number of carbonyl (C=O) groups is 2. The first-order chi connectivity index (χ1) is 15.6. The van der Waals surface area contributed by atoms with Gasteiger partial charge in [0.15, 0.2) is 0 Å². The van der Waals surface area contributed by atoms with E-state index in [0.717, 1.165) is 6.42 Å². The van der Waals surface area contributed by atoms with E-state index < -0.39 is 5.60 Å². The second kappa shape index (κ2) is 7.19. The van der Waals surface area contributed by atoms with Crippen LogP contribution in [-0.2, 0) is 4.74 Å². The van der Waals surface area contributed by atoms with Crippen LogP contribution in [0, 0.1) is 12.3 Å². The molecule has 1 spiro atoms. The highest BCUT2D eigenvalue weighted by Gasteiger charge is 2.51. The maximum atomic E-state index is 13.1. The topological polar surface area (TPSA) is 118 Å². The Morgan fingerprint density at radius 1 is 1.18 bits per heavy atom. The van der Waals surface area contributed by atoms with E-state index in [4.69, 9.17) is 4.74 Å². The molecule has 2 fully saturated rings. The normalized spacial score (nSPS) is 17.6. The van der Waals surface area contributed by atoms with Gasteiger partial charge >= 0.3 is 6.09 Å². The van der Waals surface area contributed by atoms with Gasteiger partial charge in [0.1, 0.15) is 11.1 Å². The highest BCUT2D eigenvalue weighted by atomic mass is 16.6. The van der Waals surface area contributed by atoms with Crippen molar-refractivity contribution < 1.29 is 14.3 Å². The molecule has 0 bridgehead atoms. The standard InChI is InChI=1S/C22H27N7O4/c1-14-15(10-23-29(14)19-24-17(30)16-6-5-8-28(16)25-19)18(31)27-12-22(13-27)7-9-26(11-22)20(32)33-21(2,3)4/h5-6,8,10H,7,9,11-13H2,1-4H3,(H,24,25,30). The van der Waals surface area contributed by atoms with E-state index in [2.05, 4.69) is 15.2 Å². The van der Waals surface area contributed by atoms with Crippen LogP contribution in [0.4, 0.5) is 4.79 Å². The molecule has 0 saturated carbocycles. The van der Waals surface area contributed by atoms with Crippen molar-refractivity contribution in [3.8, 4) is 5.95 Å². The van der Waals surface area contributed by atoms with Gasteiger partial charge in [0.05, 0.1) is 17.5 Å². The SMILES string of the molecule is Cc1c(C(=O)N2CC3(CCN(C(=O)OC(C)(C)C)C3)C2)cnn1-c1nn2cccc2c(=O)[nH]1. The minimum absolute atomic E-state index is 0.0806. The molecule has 2 amide bonds. The summed E-state index contributed by atoms with van der Waals surface area (Å²) in [7, 11) is 0. The summed E-state index contributed by atoms with van der Waals surface area (Å²) >= 11 is 0. The van der Waals surface area contributed by atoms with Crippen LogP contribution >= 0.6 is 0 Å². The summed E-state index contributed by atoms with van der Waals surface area (Å²) in [4.78, 5) is 44.0. The van der Waals surface area contributed by atoms with Gasteiger partial charge in [-0.15, -0.1) is 5.10 Å². The molecule has 33 heavy (non-hydrogen) atoms. The van der Waals surface area contributed by atoms with Gasteiger partial charge in [-0.05, 0) is 46.2 Å². The fourth-order valence-electron chi connectivity index (χ4n) is 4.61. The number of ether oxygens (including phenoxy) is 1. The quantitative estimate of drug-likeness (QED) is 0.630. The van der Waals surface area contributed by atoms with Crippen molar-refractivity contribution in [2.45, 2.75) is 39.7 Å². The number of hydrogen-bond acceptors (Lipinski definition) is 6. The maximum Gasteiger partial charge on any atom is 0.410 e. The van der Waals surface area contributed by atoms with Crippen LogP contribution in [0.25, 0.3) is 11.5 Å². The van der Waals surface area contributed by atoms with Gasteiger partial charge in [0, 0.05) is 37.8 Å². The maximum absolute atomic E-state index is 13.1. The molecule has 5 heterocycles. The summed E-state index contributed by atoms with van der Waals surface area (Å²) in [5, 5.41) is 8.67. The number of rotatable bonds is 2. The Morgan fingerprint density at radius 2 is 1.91 bits per heavy atom. The van der Waals surface area contributed by atoms with Crippen LogP contribution in [-0.4, -0.2) is 78.0 Å². The Hall–Kier alpha value is -3.63. The van der Waals surface area contributed by atoms with Crippen molar-refractivity contribution in [2.75, 3.05) is 26.2 Å². The number of nitrogens with one attached hydrogen (secondary N) is 1. The molecular weight excluding hydrogens is 426 g/mol. The van der Waals surface area contributed by atoms with Crippen molar-refractivity contribution in [3.05, 3.63) is 46.1 Å². The van der Waals surface area contributed by atoms with Crippen molar-refractivity contribution >= 4 is 17.5 Å². The fourth-order valence-corrected chi connectivity index (χ4v) is 4.61. The van der Waals surface area contributed by atoms with Gasteiger partial charge < -0.3 is 14.5 Å². The summed E-state index contributed by atoms with van der Waals surface area (Å²) in [5.74, 6) is 0.119. The lowest BCUT2D eigenvalue weighted by atomic mass is 9.79. The second-order valence-corrected chi connectivity index (χ2v) is 9.98. The first-order valence-corrected chi connectivity index (χ1v) is 11.0. The van der Waals surface area contributed by atoms with Gasteiger partial charge in [0.25, 0.3) is 11.5 Å². The van der Waals surface area contributed by atoms with E-state index in [1.54, 1.807) is 35.1 Å². The van der Waals surface area contributed by atoms with Crippen LogP contribution in [0.3, 0.4) is 0 Å². The fraction of sp³-hybridized carbons (Fsp3) is 0.500. The molecule has 11 heteroatoms. The van der Waals surface area contributed by atoms with Crippen LogP contribution < -0.4 is 5.56 Å². The number of fused-ring (bicyclic) bond motifs is 1. The van der Waals surface area contributed by atoms with Crippen molar-refractivity contribution in [1.29, 1.82) is 0 Å². The smallest absolute Gasteiger partial charge is 0.410 e. The van der Waals surface area contributed by atoms with Crippen molar-refractivity contribution in [2.24, 2.45) is 5.41 Å². The van der Waals surface area contributed by atoms with Crippen molar-refractivity contribution in [3.63, 3.8) is 0 Å². The third-order valence-electron chi connectivity index (χ3n) is 6.26. The minimum atomic E-state index is -0.531. The van der Waals surface area contributed by atoms with E-state index in [9.17, 15) is 14.4 Å². The number of aromatic nitrogens is 5. The van der Waals surface area contributed by atoms with E-state index in [-0.39, 0.29) is 28.9 Å². The van der Waals surface area contributed by atoms with Gasteiger partial charge in [0.2, 0.25) is 5.95 Å². The molecule has 1 N–H and O–H groups in total. The number of carbonyl (C=O) groups excluding carboxylic acids is 2. The van der Waals surface area contributed by atoms with Gasteiger partial charge in [-0.25, -0.2) is 14.0 Å². The summed E-state index contributed by atoms with van der Waals surface area (Å²) in [6, 6.07) is 3.41. The molecular formula is C22H27N7O4. The molecule has 2 aliphatic heterocycles. The molecule has 3 aromatic heterocycles. The van der Waals surface area contributed by atoms with E-state index in [1.807, 2.05) is 20.8 Å². The predicted molar refractivity (Wildman–Crippen MR) is 118 cm³/mol. The van der Waals surface area contributed by atoms with Crippen LogP contribution in [0.15, 0.2) is 29.3 Å². The Kier molecular flexibility index (Phi) is 4.62. The minimum Gasteiger partial charge on any atom is -0.444 e. The summed E-state index contributed by atoms with van der Waals surface area (Å²) < 4.78 is 8.42. The van der Waals surface area contributed by atoms with Crippen LogP contribution in [0.2, 0.25) is 0 Å². The zero-order chi connectivity index (χ0) is 23.5. The van der Waals surface area contributed by atoms with Crippen LogP contribution in [0.1, 0.15) is 43.2 Å². The number of amides is 2. The first-order valence-electron chi connectivity index (χ1n) is 11.0. The third kappa shape index (κ3) is 3.66. The number of hydrogen-bond donors (Lipinski definition) is 1. The number of likely N-dealkylation sites (tertiary alicyclic amines) is 2. The van der Waals surface area contributed by atoms with Gasteiger partial charge in [-0.2, -0.15) is 5.10 Å². The second-order valence-electron chi connectivity index (χ2n) is 9.98. The molecule has 0 aromatic carbocycles. The summed E-state index contributed by atoms with van der Waals surface area (Å²) in [6.07, 6.45) is 3.73. The molecule has 2 aliphatic rings. The first kappa shape index (κ1) is 21.2. The molecule has 0 unspecified atom stereocenters. The Labute approximate surface area is 189 Å². The molecule has 3 aromatic rings. The molecule has 174 valence electrons. The number of H-pyrrole nitrogens is 1. The molecule has 0 aliphatic carbocycles. The lowest BCUT2D eigenvalue weighted by Gasteiger charge is -2.47. The van der Waals surface area contributed by atoms with E-state index in [0.29, 0.717) is 43.0 Å². The Balaban J connectivity index is 1.28. The molecule has 0 atom stereocenters. The van der Waals surface area contributed by atoms with Gasteiger partial charge in [-0.3, -0.25) is 14.6 Å². The van der Waals surface area contributed by atoms with Gasteiger partial charge in [-0.1, -0.05) is 0 Å². The third-order valence-corrected chi connectivity index (χ3v) is 6.26. The Bertz CT molecular complexity index is 1310. The molecule has 11 nitrogen and oxygen atoms in total. The van der Waals surface area contributed by atoms with Crippen molar-refractivity contribution in [1.82, 2.24) is 34.2 Å². The zero-order valence-corrected chi connectivity index (χ0v) is 19.2. The lowest BCUT2D eigenvalue weighted by molar-refractivity contribution is 0.00304.